The summed E-state index contributed by atoms with van der Waals surface area (Å²) in [4.78, 5) is 24.5. The minimum Gasteiger partial charge on any atom is -0.461 e. The number of rotatable bonds is 8. The van der Waals surface area contributed by atoms with E-state index in [4.69, 9.17) is 4.74 Å². The zero-order valence-corrected chi connectivity index (χ0v) is 23.9. The summed E-state index contributed by atoms with van der Waals surface area (Å²) in [5, 5.41) is 12.0. The average molecular weight is 529 g/mol. The van der Waals surface area contributed by atoms with Crippen molar-refractivity contribution < 1.29 is 19.4 Å². The molecule has 0 aromatic heterocycles. The van der Waals surface area contributed by atoms with Gasteiger partial charge in [-0.15, -0.1) is 0 Å². The molecule has 208 valence electrons. The molecule has 39 heavy (non-hydrogen) atoms. The molecule has 0 saturated heterocycles. The van der Waals surface area contributed by atoms with E-state index in [0.717, 1.165) is 50.5 Å². The lowest BCUT2D eigenvalue weighted by atomic mass is 9.51. The molecule has 4 nitrogen and oxygen atoms in total. The van der Waals surface area contributed by atoms with Crippen LogP contribution >= 0.6 is 0 Å². The molecule has 6 unspecified atom stereocenters. The predicted molar refractivity (Wildman–Crippen MR) is 155 cm³/mol. The molecule has 4 aliphatic rings. The number of allylic oxidation sites excluding steroid dienone is 6. The first-order valence-electron chi connectivity index (χ1n) is 14.9. The fourth-order valence-corrected chi connectivity index (χ4v) is 8.00. The summed E-state index contributed by atoms with van der Waals surface area (Å²) in [7, 11) is 0. The van der Waals surface area contributed by atoms with Crippen LogP contribution in [0.2, 0.25) is 0 Å². The molecule has 0 spiro atoms. The molecule has 1 aromatic carbocycles. The number of ketones is 1. The van der Waals surface area contributed by atoms with E-state index in [1.165, 1.54) is 22.3 Å². The van der Waals surface area contributed by atoms with Gasteiger partial charge in [-0.1, -0.05) is 81.8 Å². The highest BCUT2D eigenvalue weighted by atomic mass is 16.5. The van der Waals surface area contributed by atoms with Crippen molar-refractivity contribution in [3.63, 3.8) is 0 Å². The minimum absolute atomic E-state index is 0.143. The van der Waals surface area contributed by atoms with Gasteiger partial charge in [-0.25, -0.2) is 0 Å². The van der Waals surface area contributed by atoms with Crippen LogP contribution in [0.1, 0.15) is 95.6 Å². The lowest BCUT2D eigenvalue weighted by molar-refractivity contribution is -0.146. The van der Waals surface area contributed by atoms with E-state index in [1.54, 1.807) is 6.08 Å². The molecule has 0 aliphatic heterocycles. The number of hydrogen-bond acceptors (Lipinski definition) is 4. The highest BCUT2D eigenvalue weighted by molar-refractivity contribution is 5.93. The zero-order chi connectivity index (χ0) is 27.8. The molecule has 4 heteroatoms. The molecular weight excluding hydrogens is 484 g/mol. The maximum Gasteiger partial charge on any atom is 0.306 e. The van der Waals surface area contributed by atoms with Crippen molar-refractivity contribution in [1.82, 2.24) is 0 Å². The fraction of sp³-hybridized carbons (Fsp3) is 0.543. The van der Waals surface area contributed by atoms with E-state index in [0.29, 0.717) is 30.6 Å². The van der Waals surface area contributed by atoms with Gasteiger partial charge in [0.2, 0.25) is 0 Å². The Labute approximate surface area is 233 Å². The molecule has 1 N–H and O–H groups in total. The monoisotopic (exact) mass is 528 g/mol. The Kier molecular flexibility index (Phi) is 7.88. The number of hydrogen-bond donors (Lipinski definition) is 1. The third-order valence-corrected chi connectivity index (χ3v) is 10.5. The van der Waals surface area contributed by atoms with Gasteiger partial charge in [0.1, 0.15) is 6.61 Å². The molecule has 0 heterocycles. The second-order valence-electron chi connectivity index (χ2n) is 12.7. The number of carbonyl (C=O) groups is 2. The van der Waals surface area contributed by atoms with Gasteiger partial charge in [0, 0.05) is 24.2 Å². The van der Waals surface area contributed by atoms with Crippen molar-refractivity contribution >= 4 is 11.8 Å². The van der Waals surface area contributed by atoms with Crippen molar-refractivity contribution in [2.24, 2.45) is 23.2 Å². The van der Waals surface area contributed by atoms with Gasteiger partial charge < -0.3 is 9.84 Å². The summed E-state index contributed by atoms with van der Waals surface area (Å²) in [6.45, 7) is 10.6. The second kappa shape index (κ2) is 11.0. The van der Waals surface area contributed by atoms with E-state index in [2.05, 4.69) is 51.6 Å². The van der Waals surface area contributed by atoms with Crippen LogP contribution in [0, 0.1) is 23.2 Å². The Morgan fingerprint density at radius 1 is 1.21 bits per heavy atom. The van der Waals surface area contributed by atoms with Gasteiger partial charge in [-0.2, -0.15) is 0 Å². The van der Waals surface area contributed by atoms with Crippen molar-refractivity contribution in [3.05, 3.63) is 83.0 Å². The number of carbonyl (C=O) groups excluding carboxylic acids is 2. The van der Waals surface area contributed by atoms with Crippen molar-refractivity contribution in [1.29, 1.82) is 0 Å². The molecule has 4 aliphatic carbocycles. The maximum absolute atomic E-state index is 12.3. The third kappa shape index (κ3) is 5.13. The summed E-state index contributed by atoms with van der Waals surface area (Å²) < 4.78 is 5.55. The first kappa shape index (κ1) is 27.8. The quantitative estimate of drug-likeness (QED) is 0.280. The predicted octanol–water partition coefficient (Wildman–Crippen LogP) is 7.54. The van der Waals surface area contributed by atoms with Gasteiger partial charge in [0.25, 0.3) is 0 Å². The minimum atomic E-state index is -0.858. The Balaban J connectivity index is 1.48. The lowest BCUT2D eigenvalue weighted by Gasteiger charge is -2.54. The number of aliphatic hydroxyl groups is 1. The Hall–Kier alpha value is -2.72. The second-order valence-corrected chi connectivity index (χ2v) is 12.7. The Morgan fingerprint density at radius 3 is 2.69 bits per heavy atom. The summed E-state index contributed by atoms with van der Waals surface area (Å²) in [6, 6.07) is 8.55. The fourth-order valence-electron chi connectivity index (χ4n) is 8.00. The number of fused-ring (bicyclic) bond motifs is 4. The first-order valence-corrected chi connectivity index (χ1v) is 14.9. The van der Waals surface area contributed by atoms with Crippen LogP contribution in [0.3, 0.4) is 0 Å². The van der Waals surface area contributed by atoms with Gasteiger partial charge in [0.15, 0.2) is 5.78 Å². The number of ether oxygens (including phenoxy) is 1. The van der Waals surface area contributed by atoms with Gasteiger partial charge in [-0.05, 0) is 84.6 Å². The summed E-state index contributed by atoms with van der Waals surface area (Å²) in [6.07, 6.45) is 15.1. The topological polar surface area (TPSA) is 63.6 Å². The largest absolute Gasteiger partial charge is 0.461 e. The molecule has 0 amide bonds. The van der Waals surface area contributed by atoms with Crippen LogP contribution in [-0.2, 0) is 20.9 Å². The molecule has 0 bridgehead atoms. The highest BCUT2D eigenvalue weighted by Gasteiger charge is 2.61. The van der Waals surface area contributed by atoms with E-state index >= 15 is 0 Å². The Morgan fingerprint density at radius 2 is 1.97 bits per heavy atom. The summed E-state index contributed by atoms with van der Waals surface area (Å²) in [5.74, 6) is 1.46. The number of esters is 1. The van der Waals surface area contributed by atoms with Crippen LogP contribution in [0.15, 0.2) is 71.9 Å². The maximum atomic E-state index is 12.3. The molecule has 0 radical (unpaired) electrons. The van der Waals surface area contributed by atoms with E-state index in [-0.39, 0.29) is 29.7 Å². The van der Waals surface area contributed by atoms with Crippen molar-refractivity contribution in [3.8, 4) is 0 Å². The highest BCUT2D eigenvalue weighted by Crippen LogP contribution is 2.67. The molecule has 6 atom stereocenters. The molecule has 2 saturated carbocycles. The lowest BCUT2D eigenvalue weighted by Crippen LogP contribution is -2.50. The molecule has 1 aromatic rings. The molecule has 5 rings (SSSR count). The zero-order valence-electron chi connectivity index (χ0n) is 23.9. The van der Waals surface area contributed by atoms with Crippen LogP contribution in [0.4, 0.5) is 0 Å². The SMILES string of the molecule is C=CC=CC1(O)CCC2C3CCC4=CC(=O)CCC4=C3C(c3ccc(COC(=O)CC(C)CC)cc3)CC21C. The smallest absolute Gasteiger partial charge is 0.306 e. The van der Waals surface area contributed by atoms with E-state index in [9.17, 15) is 14.7 Å². The standard InChI is InChI=1S/C35H44O4/c1-5-7-17-35(38)18-16-31-29-14-12-26-20-27(36)13-15-28(26)33(29)30(21-34(31,35)4)25-10-8-24(9-11-25)22-39-32(37)19-23(3)6-2/h5,7-11,17,20,23,29-31,38H,1,6,12-16,18-19,21-22H2,2-4H3. The van der Waals surface area contributed by atoms with Crippen molar-refractivity contribution in [2.45, 2.75) is 96.7 Å². The van der Waals surface area contributed by atoms with Crippen LogP contribution in [0.25, 0.3) is 0 Å². The van der Waals surface area contributed by atoms with Gasteiger partial charge in [-0.3, -0.25) is 9.59 Å². The van der Waals surface area contributed by atoms with E-state index < -0.39 is 5.60 Å². The van der Waals surface area contributed by atoms with Gasteiger partial charge in [0.05, 0.1) is 5.60 Å². The molecular formula is C35H44O4. The summed E-state index contributed by atoms with van der Waals surface area (Å²) in [5.41, 5.74) is 5.31. The van der Waals surface area contributed by atoms with Crippen LogP contribution < -0.4 is 0 Å². The normalized spacial score (nSPS) is 32.8. The summed E-state index contributed by atoms with van der Waals surface area (Å²) >= 11 is 0. The first-order chi connectivity index (χ1) is 18.7. The number of benzene rings is 1. The average Bonchev–Trinajstić information content (AvgIpc) is 3.20. The van der Waals surface area contributed by atoms with Gasteiger partial charge >= 0.3 is 5.97 Å². The Bertz CT molecular complexity index is 1220. The van der Waals surface area contributed by atoms with Crippen LogP contribution in [0.5, 0.6) is 0 Å². The molecule has 2 fully saturated rings. The van der Waals surface area contributed by atoms with Crippen LogP contribution in [-0.4, -0.2) is 22.5 Å². The van der Waals surface area contributed by atoms with E-state index in [1.807, 2.05) is 18.2 Å². The van der Waals surface area contributed by atoms with Crippen molar-refractivity contribution in [2.75, 3.05) is 0 Å². The third-order valence-electron chi connectivity index (χ3n) is 10.5.